The Morgan fingerprint density at radius 2 is 0.347 bits per heavy atom. The van der Waals surface area contributed by atoms with Crippen LogP contribution in [0.1, 0.15) is 362 Å². The van der Waals surface area contributed by atoms with Gasteiger partial charge in [0.15, 0.2) is 0 Å². The minimum absolute atomic E-state index is 0.0406. The fourth-order valence-corrected chi connectivity index (χ4v) is 23.3. The molecule has 3 N–H and O–H groups in total. The highest BCUT2D eigenvalue weighted by molar-refractivity contribution is 5.51. The second-order valence-corrected chi connectivity index (χ2v) is 47.2. The Morgan fingerprint density at radius 1 is 0.218 bits per heavy atom. The number of nitrogens with zero attached hydrogens (tertiary/aromatic N) is 22. The van der Waals surface area contributed by atoms with E-state index in [1.54, 1.807) is 0 Å². The third-order valence-electron chi connectivity index (χ3n) is 32.4. The Labute approximate surface area is 759 Å². The molecule has 0 unspecified atom stereocenters. The zero-order valence-electron chi connectivity index (χ0n) is 86.8. The number of aromatic nitrogens is 9. The molecule has 0 amide bonds. The summed E-state index contributed by atoms with van der Waals surface area (Å²) in [5.41, 5.74) is -0.488. The molecule has 6 fully saturated rings. The van der Waals surface area contributed by atoms with Crippen LogP contribution in [0.5, 0.6) is 0 Å². The van der Waals surface area contributed by atoms with Gasteiger partial charge in [0.1, 0.15) is 0 Å². The van der Waals surface area contributed by atoms with Crippen molar-refractivity contribution in [3.05, 3.63) is 0 Å². The maximum Gasteiger partial charge on any atom is 0.232 e. The first kappa shape index (κ1) is 103. The maximum atomic E-state index is 5.78. The van der Waals surface area contributed by atoms with Gasteiger partial charge in [-0.3, -0.25) is 34.3 Å². The van der Waals surface area contributed by atoms with Crippen LogP contribution in [-0.2, 0) is 0 Å². The number of likely N-dealkylation sites (tertiary alicyclic amines) is 6. The number of hydrogen-bond donors (Lipinski definition) is 3. The van der Waals surface area contributed by atoms with E-state index in [0.717, 1.165) is 229 Å². The normalized spacial score (nSPS) is 23.2. The van der Waals surface area contributed by atoms with Gasteiger partial charge in [-0.15, -0.1) is 0 Å². The largest absolute Gasteiger partial charge is 0.353 e. The van der Waals surface area contributed by atoms with Crippen molar-refractivity contribution in [2.24, 2.45) is 0 Å². The first-order valence-electron chi connectivity index (χ1n) is 49.8. The van der Waals surface area contributed by atoms with Crippen LogP contribution in [0.25, 0.3) is 0 Å². The number of hydrogen-bond acceptors (Lipinski definition) is 25. The van der Waals surface area contributed by atoms with Crippen molar-refractivity contribution in [2.45, 2.75) is 465 Å². The van der Waals surface area contributed by atoms with E-state index in [2.05, 4.69) is 330 Å². The summed E-state index contributed by atoms with van der Waals surface area (Å²) in [5, 5.41) is 12.0. The Hall–Kier alpha value is -5.05. The van der Waals surface area contributed by atoms with Crippen LogP contribution in [0.2, 0.25) is 0 Å². The van der Waals surface area contributed by atoms with E-state index < -0.39 is 0 Å². The number of rotatable bonds is 42. The van der Waals surface area contributed by atoms with Crippen molar-refractivity contribution < 1.29 is 0 Å². The van der Waals surface area contributed by atoms with Crippen LogP contribution >= 0.6 is 0 Å². The summed E-state index contributed by atoms with van der Waals surface area (Å²) in [6, 6.07) is 1.37. The van der Waals surface area contributed by atoms with E-state index in [4.69, 9.17) is 44.9 Å². The van der Waals surface area contributed by atoms with Crippen molar-refractivity contribution >= 4 is 53.5 Å². The van der Waals surface area contributed by atoms with E-state index in [1.165, 1.54) is 0 Å². The molecular weight excluding hydrogens is 1540 g/mol. The molecule has 0 radical (unpaired) electrons. The lowest BCUT2D eigenvalue weighted by molar-refractivity contribution is -0.0135. The smallest absolute Gasteiger partial charge is 0.232 e. The van der Waals surface area contributed by atoms with E-state index in [1.807, 2.05) is 0 Å². The molecule has 9 rings (SSSR count). The van der Waals surface area contributed by atoms with Crippen LogP contribution in [0.3, 0.4) is 0 Å². The van der Waals surface area contributed by atoms with Gasteiger partial charge in [0, 0.05) is 181 Å². The molecule has 6 saturated heterocycles. The Morgan fingerprint density at radius 3 is 0.468 bits per heavy atom. The van der Waals surface area contributed by atoms with Gasteiger partial charge in [-0.05, 0) is 324 Å². The fourth-order valence-electron chi connectivity index (χ4n) is 23.3. The minimum atomic E-state index is -0.0406. The van der Waals surface area contributed by atoms with Gasteiger partial charge in [-0.1, -0.05) is 80.1 Å². The number of nitrogens with one attached hydrogen (secondary N) is 3. The Bertz CT molecular complexity index is 3120. The monoisotopic (exact) mass is 1730 g/mol. The molecule has 0 aliphatic carbocycles. The highest BCUT2D eigenvalue weighted by Gasteiger charge is 2.53. The maximum absolute atomic E-state index is 5.78. The summed E-state index contributed by atoms with van der Waals surface area (Å²) < 4.78 is 0. The highest BCUT2D eigenvalue weighted by atomic mass is 15.4. The standard InChI is InChI=1S/C99H189N25/c1-37-43-52-119(73-61-88(7,8)112(31)89(9,10)62-73)82-103-79(104-83(109-82)120(53-44-38-2)74-63-90(11,12)113(32)91(13,14)64-74)100-49-58-118(59-50-101-80-105-84(121(54-45-39-3)75-65-92(15,16)114(33)93(17,18)66-75)110-85(106-80)122(55-46-40-4)76-67-94(19,20)115(34)95(21,22)68-76)60-51-102-81-107-86(123(56-47-41-5)77-69-96(23,24)116(35)97(25,26)70-77)111-87(108-81)124(57-48-42-6)78-71-98(27,28)117(36)99(29,30)72-78/h73-78H,37-72H2,1-36H3,(H,100,103,104,109)(H,101,105,106,110)(H,102,107,108,111). The predicted molar refractivity (Wildman–Crippen MR) is 529 cm³/mol. The molecule has 25 heteroatoms. The summed E-state index contributed by atoms with van der Waals surface area (Å²) in [6.45, 7) is 81.2. The average Bonchev–Trinajstić information content (AvgIpc) is 0.792. The molecule has 710 valence electrons. The SMILES string of the molecule is CCCCN(c1nc(NCCN(CCNc2nc(N(CCCC)C3CC(C)(C)N(C)C(C)(C)C3)nc(N(CCCC)C3CC(C)(C)N(C)C(C)(C)C3)n2)CCNc2nc(N(CCCC)C3CC(C)(C)N(C)C(C)(C)C3)nc(N(CCCC)C3CC(C)(C)N(C)C(C)(C)C3)n2)nc(N(CCCC)C2CC(C)(C)N(C)C(C)(C)C2)n1)C1CC(C)(C)N(C)C(C)(C)C1. The zero-order valence-corrected chi connectivity index (χ0v) is 86.8. The van der Waals surface area contributed by atoms with Crippen LogP contribution in [0, 0.1) is 0 Å². The van der Waals surface area contributed by atoms with Crippen molar-refractivity contribution in [3.63, 3.8) is 0 Å². The average molecular weight is 1730 g/mol. The second-order valence-electron chi connectivity index (χ2n) is 47.2. The van der Waals surface area contributed by atoms with Gasteiger partial charge < -0.3 is 45.3 Å². The summed E-state index contributed by atoms with van der Waals surface area (Å²) in [5.74, 6) is 6.61. The van der Waals surface area contributed by atoms with Crippen LogP contribution in [-0.4, -0.2) is 303 Å². The van der Waals surface area contributed by atoms with Crippen molar-refractivity contribution in [2.75, 3.05) is 166 Å². The van der Waals surface area contributed by atoms with E-state index in [-0.39, 0.29) is 103 Å². The van der Waals surface area contributed by atoms with Crippen LogP contribution < -0.4 is 45.3 Å². The number of unbranched alkanes of at least 4 members (excludes halogenated alkanes) is 6. The lowest BCUT2D eigenvalue weighted by Gasteiger charge is -2.56. The molecule has 0 atom stereocenters. The summed E-state index contributed by atoms with van der Waals surface area (Å²) in [7, 11) is 13.9. The predicted octanol–water partition coefficient (Wildman–Crippen LogP) is 18.7. The summed E-state index contributed by atoms with van der Waals surface area (Å²) in [6.07, 6.45) is 24.8. The van der Waals surface area contributed by atoms with Gasteiger partial charge in [-0.2, -0.15) is 44.9 Å². The lowest BCUT2D eigenvalue weighted by atomic mass is 9.77. The molecule has 0 aromatic carbocycles. The van der Waals surface area contributed by atoms with E-state index >= 15 is 0 Å². The fraction of sp³-hybridized carbons (Fsp3) is 0.909. The molecule has 0 spiro atoms. The molecule has 6 aliphatic heterocycles. The van der Waals surface area contributed by atoms with Gasteiger partial charge in [-0.25, -0.2) is 0 Å². The topological polar surface area (TPSA) is 194 Å². The molecule has 0 bridgehead atoms. The number of piperidine rings is 6. The third kappa shape index (κ3) is 24.6. The van der Waals surface area contributed by atoms with Gasteiger partial charge >= 0.3 is 0 Å². The minimum Gasteiger partial charge on any atom is -0.353 e. The molecule has 0 saturated carbocycles. The molecule has 3 aromatic heterocycles. The van der Waals surface area contributed by atoms with Gasteiger partial charge in [0.25, 0.3) is 0 Å². The van der Waals surface area contributed by atoms with E-state index in [9.17, 15) is 0 Å². The summed E-state index contributed by atoms with van der Waals surface area (Å²) >= 11 is 0. The Balaban J connectivity index is 1.17. The highest BCUT2D eigenvalue weighted by Crippen LogP contribution is 2.48. The second kappa shape index (κ2) is 40.8. The molecule has 3 aromatic rings. The van der Waals surface area contributed by atoms with Crippen molar-refractivity contribution in [1.29, 1.82) is 0 Å². The Kier molecular flexibility index (Phi) is 33.8. The molecule has 25 nitrogen and oxygen atoms in total. The first-order chi connectivity index (χ1) is 57.6. The third-order valence-corrected chi connectivity index (χ3v) is 32.4. The number of anilines is 9. The molecule has 6 aliphatic rings. The lowest BCUT2D eigenvalue weighted by Crippen LogP contribution is -2.63. The molecule has 9 heterocycles. The first-order valence-corrected chi connectivity index (χ1v) is 49.8. The van der Waals surface area contributed by atoms with Crippen LogP contribution in [0.4, 0.5) is 53.5 Å². The summed E-state index contributed by atoms with van der Waals surface area (Å²) in [4.78, 5) is 85.1. The van der Waals surface area contributed by atoms with Gasteiger partial charge in [0.2, 0.25) is 53.5 Å². The molecule has 124 heavy (non-hydrogen) atoms. The quantitative estimate of drug-likeness (QED) is 0.0484. The van der Waals surface area contributed by atoms with E-state index in [0.29, 0.717) is 57.1 Å². The van der Waals surface area contributed by atoms with Gasteiger partial charge in [0.05, 0.1) is 0 Å². The zero-order chi connectivity index (χ0) is 92.1. The van der Waals surface area contributed by atoms with Crippen molar-refractivity contribution in [1.82, 2.24) is 79.2 Å². The van der Waals surface area contributed by atoms with Crippen LogP contribution in [0.15, 0.2) is 0 Å². The molecular formula is C99H189N25. The van der Waals surface area contributed by atoms with Crippen molar-refractivity contribution in [3.8, 4) is 0 Å².